The molecule has 0 bridgehead atoms. The van der Waals surface area contributed by atoms with Crippen LogP contribution in [-0.4, -0.2) is 9.13 Å². The molecule has 2 heterocycles. The molecule has 0 unspecified atom stereocenters. The normalized spacial score (nSPS) is 11.5. The van der Waals surface area contributed by atoms with E-state index in [-0.39, 0.29) is 0 Å². The summed E-state index contributed by atoms with van der Waals surface area (Å²) in [4.78, 5) is 0. The SMILES string of the molecule is c1ccc(-c2ccc(-c3c4ccc(-c5ccccc5)cc4c(-c4ccc(-c5ccc(-c6ccc7c(c6)c6ccccc6n7-c6ccccc6)cc5)cc4)c4ccc(-c5ccccc5)cc34)cc2)cc1.c1ccc(-c2ccc3c(-c4ccc(-c5ccc(-c6ccc7c(c6)c6ccccc6n7-c6ccccc6)cc5)cc4)c4cc(-c5ccccc5)ccc4c(-c4ccccc4)c3c2)cc1. The maximum atomic E-state index is 2.41. The number of hydrogen-bond acceptors (Lipinski definition) is 0. The predicted molar refractivity (Wildman–Crippen MR) is 562 cm³/mol. The Balaban J connectivity index is 0.000000146. The zero-order valence-electron chi connectivity index (χ0n) is 72.5. The zero-order valence-corrected chi connectivity index (χ0v) is 72.5. The van der Waals surface area contributed by atoms with Crippen LogP contribution >= 0.6 is 0 Å². The van der Waals surface area contributed by atoms with Gasteiger partial charge < -0.3 is 9.13 Å². The molecule has 0 saturated carbocycles. The summed E-state index contributed by atoms with van der Waals surface area (Å²) in [6, 6.07) is 191. The molecule has 2 heteroatoms. The van der Waals surface area contributed by atoms with Crippen LogP contribution in [0.5, 0.6) is 0 Å². The van der Waals surface area contributed by atoms with Gasteiger partial charge in [0.2, 0.25) is 0 Å². The fourth-order valence-corrected chi connectivity index (χ4v) is 20.4. The van der Waals surface area contributed by atoms with Crippen molar-refractivity contribution in [1.29, 1.82) is 0 Å². The quantitative estimate of drug-likeness (QED) is 0.0906. The van der Waals surface area contributed by atoms with Gasteiger partial charge in [-0.25, -0.2) is 0 Å². The van der Waals surface area contributed by atoms with Crippen LogP contribution < -0.4 is 0 Å². The van der Waals surface area contributed by atoms with Gasteiger partial charge in [0.1, 0.15) is 0 Å². The van der Waals surface area contributed by atoms with Crippen molar-refractivity contribution in [1.82, 2.24) is 9.13 Å². The third-order valence-corrected chi connectivity index (χ3v) is 26.8. The van der Waals surface area contributed by atoms with Gasteiger partial charge in [-0.05, 0) is 273 Å². The number of nitrogens with zero attached hydrogens (tertiary/aromatic N) is 2. The van der Waals surface area contributed by atoms with Crippen LogP contribution in [0.2, 0.25) is 0 Å². The summed E-state index contributed by atoms with van der Waals surface area (Å²) in [5.41, 5.74) is 38.7. The lowest BCUT2D eigenvalue weighted by atomic mass is 9.83. The molecule has 25 rings (SSSR count). The van der Waals surface area contributed by atoms with E-state index in [2.05, 4.69) is 531 Å². The summed E-state index contributed by atoms with van der Waals surface area (Å²) in [5, 5.41) is 15.0. The number of rotatable bonds is 15. The molecule has 0 aliphatic heterocycles. The highest BCUT2D eigenvalue weighted by atomic mass is 15.0. The van der Waals surface area contributed by atoms with Gasteiger partial charge >= 0.3 is 0 Å². The fourth-order valence-electron chi connectivity index (χ4n) is 20.4. The third kappa shape index (κ3) is 14.4. The first-order valence-electron chi connectivity index (χ1n) is 45.6. The van der Waals surface area contributed by atoms with Crippen molar-refractivity contribution < 1.29 is 0 Å². The number of aromatic nitrogens is 2. The van der Waals surface area contributed by atoms with Crippen LogP contribution in [0.1, 0.15) is 0 Å². The van der Waals surface area contributed by atoms with E-state index in [9.17, 15) is 0 Å². The minimum atomic E-state index is 1.17. The molecule has 0 N–H and O–H groups in total. The van der Waals surface area contributed by atoms with E-state index in [0.717, 1.165) is 0 Å². The number of para-hydroxylation sites is 4. The van der Waals surface area contributed by atoms with Gasteiger partial charge in [0.05, 0.1) is 22.1 Å². The molecule has 132 heavy (non-hydrogen) atoms. The lowest BCUT2D eigenvalue weighted by Crippen LogP contribution is -1.93. The first-order chi connectivity index (χ1) is 65.5. The van der Waals surface area contributed by atoms with E-state index in [1.165, 1.54) is 243 Å². The molecule has 0 aliphatic rings. The Labute approximate surface area is 768 Å². The van der Waals surface area contributed by atoms with Gasteiger partial charge in [0, 0.05) is 32.9 Å². The lowest BCUT2D eigenvalue weighted by molar-refractivity contribution is 1.18. The molecule has 25 aromatic rings. The first kappa shape index (κ1) is 78.2. The van der Waals surface area contributed by atoms with Crippen LogP contribution in [0, 0.1) is 0 Å². The van der Waals surface area contributed by atoms with E-state index in [4.69, 9.17) is 0 Å². The van der Waals surface area contributed by atoms with Gasteiger partial charge in [-0.2, -0.15) is 0 Å². The van der Waals surface area contributed by atoms with Crippen molar-refractivity contribution in [2.24, 2.45) is 0 Å². The minimum Gasteiger partial charge on any atom is -0.309 e. The highest BCUT2D eigenvalue weighted by molar-refractivity contribution is 6.25. The highest BCUT2D eigenvalue weighted by Crippen LogP contribution is 2.50. The van der Waals surface area contributed by atoms with E-state index in [1.807, 2.05) is 0 Å². The minimum absolute atomic E-state index is 1.17. The third-order valence-electron chi connectivity index (χ3n) is 26.8. The van der Waals surface area contributed by atoms with Gasteiger partial charge in [-0.1, -0.05) is 437 Å². The van der Waals surface area contributed by atoms with Crippen molar-refractivity contribution in [2.75, 3.05) is 0 Å². The molecule has 0 aliphatic carbocycles. The van der Waals surface area contributed by atoms with Crippen molar-refractivity contribution in [3.05, 3.63) is 522 Å². The second-order valence-electron chi connectivity index (χ2n) is 34.5. The van der Waals surface area contributed by atoms with E-state index in [1.54, 1.807) is 0 Å². The smallest absolute Gasteiger partial charge is 0.0541 e. The van der Waals surface area contributed by atoms with Crippen molar-refractivity contribution in [2.45, 2.75) is 0 Å². The van der Waals surface area contributed by atoms with Gasteiger partial charge in [0.15, 0.2) is 0 Å². The van der Waals surface area contributed by atoms with E-state index < -0.39 is 0 Å². The Morgan fingerprint density at radius 2 is 0.250 bits per heavy atom. The Morgan fingerprint density at radius 3 is 0.508 bits per heavy atom. The Kier molecular flexibility index (Phi) is 20.0. The largest absolute Gasteiger partial charge is 0.309 e. The summed E-state index contributed by atoms with van der Waals surface area (Å²) in [6.07, 6.45) is 0. The molecule has 616 valence electrons. The highest BCUT2D eigenvalue weighted by Gasteiger charge is 2.24. The van der Waals surface area contributed by atoms with Crippen LogP contribution in [-0.2, 0) is 0 Å². The molecule has 0 spiro atoms. The predicted octanol–water partition coefficient (Wildman–Crippen LogP) is 35.9. The molecule has 0 radical (unpaired) electrons. The summed E-state index contributed by atoms with van der Waals surface area (Å²) in [7, 11) is 0. The second kappa shape index (κ2) is 33.8. The molecule has 2 aromatic heterocycles. The molecule has 0 saturated heterocycles. The maximum absolute atomic E-state index is 2.41. The van der Waals surface area contributed by atoms with Crippen LogP contribution in [0.15, 0.2) is 522 Å². The van der Waals surface area contributed by atoms with Crippen LogP contribution in [0.3, 0.4) is 0 Å². The molecule has 0 fully saturated rings. The molecular formula is C130H86N2. The Bertz CT molecular complexity index is 8610. The first-order valence-corrected chi connectivity index (χ1v) is 45.6. The van der Waals surface area contributed by atoms with Crippen molar-refractivity contribution in [3.63, 3.8) is 0 Å². The van der Waals surface area contributed by atoms with Gasteiger partial charge in [0.25, 0.3) is 0 Å². The lowest BCUT2D eigenvalue weighted by Gasteiger charge is -2.20. The maximum Gasteiger partial charge on any atom is 0.0541 e. The zero-order chi connectivity index (χ0) is 87.4. The van der Waals surface area contributed by atoms with Crippen molar-refractivity contribution in [3.8, 4) is 156 Å². The molecule has 0 atom stereocenters. The fraction of sp³-hybridized carbons (Fsp3) is 0. The number of hydrogen-bond donors (Lipinski definition) is 0. The van der Waals surface area contributed by atoms with E-state index >= 15 is 0 Å². The Hall–Kier alpha value is -17.3. The van der Waals surface area contributed by atoms with E-state index in [0.29, 0.717) is 0 Å². The summed E-state index contributed by atoms with van der Waals surface area (Å²) >= 11 is 0. The van der Waals surface area contributed by atoms with Crippen molar-refractivity contribution >= 4 is 86.7 Å². The monoisotopic (exact) mass is 1670 g/mol. The molecular weight excluding hydrogens is 1590 g/mol. The Morgan fingerprint density at radius 1 is 0.0909 bits per heavy atom. The van der Waals surface area contributed by atoms with Crippen LogP contribution in [0.4, 0.5) is 0 Å². The topological polar surface area (TPSA) is 9.86 Å². The summed E-state index contributed by atoms with van der Waals surface area (Å²) in [5.74, 6) is 0. The standard InChI is InChI=1S/C68H45N.C62H41N/c1-5-15-46(16-6-1)49-29-33-53(34-30-49)67-60-40-37-56(48-19-9-3-10-20-48)45-64(60)68(61-41-38-55(44-63(61)67)47-17-7-2-8-18-47)54-35-31-51(32-36-54)50-25-27-52(28-26-50)57-39-42-66-62(43-57)59-23-13-14-24-65(59)69(66)58-21-11-4-12-22-58;1-5-15-42(16-6-1)49-34-37-55-57(40-49)61(47-19-9-3-10-20-47)54-36-33-50(43-17-7-2-8-18-43)41-58(54)62(55)48-31-29-45(30-32-48)44-25-27-46(28-26-44)51-35-38-60-56(39-51)53-23-13-14-24-59(53)63(60)52-21-11-4-12-22-52/h1-45H;1-41H. The number of benzene rings is 23. The average Bonchev–Trinajstić information content (AvgIpc) is 1.16. The molecule has 23 aromatic carbocycles. The number of fused-ring (bicyclic) bond motifs is 10. The average molecular weight is 1680 g/mol. The van der Waals surface area contributed by atoms with Gasteiger partial charge in [-0.3, -0.25) is 0 Å². The summed E-state index contributed by atoms with van der Waals surface area (Å²) in [6.45, 7) is 0. The second-order valence-corrected chi connectivity index (χ2v) is 34.5. The molecule has 0 amide bonds. The summed E-state index contributed by atoms with van der Waals surface area (Å²) < 4.78 is 4.74. The van der Waals surface area contributed by atoms with Crippen LogP contribution in [0.25, 0.3) is 243 Å². The molecule has 2 nitrogen and oxygen atoms in total. The van der Waals surface area contributed by atoms with Gasteiger partial charge in [-0.15, -0.1) is 0 Å².